The van der Waals surface area contributed by atoms with Crippen LogP contribution in [-0.4, -0.2) is 261 Å². The largest absolute Gasteiger partial charge is 0.393 e. The number of nitrogens with zero attached hydrogens (tertiary/aromatic N) is 9. The SMILES string of the molecule is CC[C@H](C)[C@@H]1NC(=O)[C@H](CC(C)C)N(C)C(=O)C[C@@H](C(=O)N2CCCCC2)N(C)C(=O)[C@H](C2CCCCC2)N(C)C(=O)C2(CCCC2)NC(=O)C2CC3CCCCC3N2C(=O)[C@H](CCC2CCC(C(F)(F)F)C(Cl)C2)NC(=O)CN(C)C(=O)[C@H](CC2CCCCC2)N(C)C(=O)[C@@H]2CCCN2C(=O)CN(C)C1=O. The zero-order chi connectivity index (χ0) is 77.9. The molecule has 602 valence electrons. The maximum absolute atomic E-state index is 16.0. The summed E-state index contributed by atoms with van der Waals surface area (Å²) in [6, 6.07) is -9.97. The van der Waals surface area contributed by atoms with Gasteiger partial charge in [-0.05, 0) is 158 Å². The Morgan fingerprint density at radius 3 is 1.81 bits per heavy atom. The van der Waals surface area contributed by atoms with Crippen molar-refractivity contribution in [2.75, 3.05) is 75.0 Å². The van der Waals surface area contributed by atoms with Crippen LogP contribution in [0.5, 0.6) is 0 Å². The van der Waals surface area contributed by atoms with E-state index in [1.165, 1.54) is 69.5 Å². The number of hydrogen-bond donors (Lipinski definition) is 3. The topological polar surface area (TPSA) is 270 Å². The van der Waals surface area contributed by atoms with Crippen LogP contribution in [0, 0.1) is 41.4 Å². The number of piperidine rings is 1. The number of likely N-dealkylation sites (tertiary alicyclic amines) is 1. The van der Waals surface area contributed by atoms with Crippen molar-refractivity contribution in [3.05, 3.63) is 0 Å². The van der Waals surface area contributed by atoms with E-state index in [2.05, 4.69) is 16.0 Å². The summed E-state index contributed by atoms with van der Waals surface area (Å²) in [4.78, 5) is 197. The van der Waals surface area contributed by atoms with E-state index in [1.54, 1.807) is 23.8 Å². The van der Waals surface area contributed by atoms with Crippen LogP contribution in [-0.2, 0) is 57.5 Å². The van der Waals surface area contributed by atoms with Crippen LogP contribution in [0.1, 0.15) is 240 Å². The average molecular weight is 1530 g/mol. The Morgan fingerprint density at radius 2 is 1.18 bits per heavy atom. The Kier molecular flexibility index (Phi) is 29.8. The summed E-state index contributed by atoms with van der Waals surface area (Å²) in [5.74, 6) is -10.1. The number of nitrogens with one attached hydrogen (secondary N) is 3. The van der Waals surface area contributed by atoms with E-state index in [-0.39, 0.29) is 101 Å². The van der Waals surface area contributed by atoms with Crippen LogP contribution < -0.4 is 16.0 Å². The molecule has 107 heavy (non-hydrogen) atoms. The van der Waals surface area contributed by atoms with Gasteiger partial charge in [0.2, 0.25) is 70.9 Å². The normalized spacial score (nSPS) is 32.2. The van der Waals surface area contributed by atoms with Gasteiger partial charge < -0.3 is 60.0 Å². The molecule has 5 aliphatic carbocycles. The number of halogens is 4. The lowest BCUT2D eigenvalue weighted by molar-refractivity contribution is -0.182. The first-order valence-electron chi connectivity index (χ1n) is 40.9. The Balaban J connectivity index is 1.11. The number of carbonyl (C=O) groups excluding carboxylic acids is 12. The van der Waals surface area contributed by atoms with Gasteiger partial charge in [-0.3, -0.25) is 57.5 Å². The van der Waals surface area contributed by atoms with Crippen molar-refractivity contribution in [1.29, 1.82) is 0 Å². The zero-order valence-corrected chi connectivity index (χ0v) is 66.4. The van der Waals surface area contributed by atoms with Crippen LogP contribution in [0.25, 0.3) is 0 Å². The van der Waals surface area contributed by atoms with Crippen LogP contribution >= 0.6 is 11.6 Å². The molecule has 0 bridgehead atoms. The number of hydrogen-bond acceptors (Lipinski definition) is 12. The molecule has 24 nitrogen and oxygen atoms in total. The van der Waals surface area contributed by atoms with E-state index in [4.69, 9.17) is 11.6 Å². The monoisotopic (exact) mass is 1530 g/mol. The summed E-state index contributed by atoms with van der Waals surface area (Å²) >= 11 is 6.51. The third-order valence-electron chi connectivity index (χ3n) is 26.3. The quantitative estimate of drug-likeness (QED) is 0.165. The molecule has 14 atom stereocenters. The first-order chi connectivity index (χ1) is 50.8. The van der Waals surface area contributed by atoms with Gasteiger partial charge in [0.1, 0.15) is 53.9 Å². The number of fused-ring (bicyclic) bond motifs is 4. The van der Waals surface area contributed by atoms with Crippen LogP contribution in [0.2, 0.25) is 0 Å². The minimum atomic E-state index is -4.51. The van der Waals surface area contributed by atoms with Gasteiger partial charge >= 0.3 is 6.18 Å². The summed E-state index contributed by atoms with van der Waals surface area (Å²) in [5, 5.41) is 7.94. The van der Waals surface area contributed by atoms with E-state index in [9.17, 15) is 27.6 Å². The molecule has 0 aromatic heterocycles. The highest BCUT2D eigenvalue weighted by atomic mass is 35.5. The summed E-state index contributed by atoms with van der Waals surface area (Å²) < 4.78 is 42.6. The molecule has 3 N–H and O–H groups in total. The highest BCUT2D eigenvalue weighted by Crippen LogP contribution is 2.46. The van der Waals surface area contributed by atoms with Gasteiger partial charge in [-0.25, -0.2) is 0 Å². The first kappa shape index (κ1) is 84.7. The lowest BCUT2D eigenvalue weighted by Gasteiger charge is -2.43. The van der Waals surface area contributed by atoms with Crippen molar-refractivity contribution in [2.24, 2.45) is 41.4 Å². The standard InChI is InChI=1S/C79H126ClF3N12O12/c1-11-50(4)67-75(105)88(6)48-66(98)94-41-25-32-59(94)73(103)90(8)62(44-51-26-15-12-16-27-51)72(102)87(5)47-64(96)84-57(36-34-52-33-35-55(56(80)43-52)79(81,82)83)71(101)95-58-31-20-19-30-54(58)45-61(95)70(100)86-78(37-21-22-38-78)77(107)92(10)68(53-28-17-13-18-29-53)76(106)91(9)63(74(104)93-39-23-14-24-40-93)46-65(97)89(7)60(42-49(2)3)69(99)85-67/h49-63,67-68H,11-48H2,1-10H3,(H,84,96)(H,85,99)(H,86,100)/t50-,52?,54?,55?,56?,57-,58?,59-,60-,61?,62-,63-,67-,68-/m0/s1. The van der Waals surface area contributed by atoms with Crippen molar-refractivity contribution in [1.82, 2.24) is 60.0 Å². The van der Waals surface area contributed by atoms with Gasteiger partial charge in [0.15, 0.2) is 0 Å². The Hall–Kier alpha value is -6.28. The fourth-order valence-corrected chi connectivity index (χ4v) is 20.1. The zero-order valence-electron chi connectivity index (χ0n) is 65.6. The lowest BCUT2D eigenvalue weighted by atomic mass is 9.78. The third kappa shape index (κ3) is 20.3. The highest BCUT2D eigenvalue weighted by Gasteiger charge is 2.55. The third-order valence-corrected chi connectivity index (χ3v) is 26.8. The summed E-state index contributed by atoms with van der Waals surface area (Å²) in [6.45, 7) is 7.34. The van der Waals surface area contributed by atoms with Crippen LogP contribution in [0.3, 0.4) is 0 Å². The fraction of sp³-hybridized carbons (Fsp3) is 0.848. The molecular weight excluding hydrogens is 1400 g/mol. The Bertz CT molecular complexity index is 3160. The smallest absolute Gasteiger partial charge is 0.343 e. The number of rotatable bonds is 11. The average Bonchev–Trinajstić information content (AvgIpc) is 1.53. The molecule has 1 spiro atoms. The molecule has 4 aliphatic heterocycles. The second-order valence-corrected chi connectivity index (χ2v) is 34.7. The minimum absolute atomic E-state index is 0.0106. The Labute approximate surface area is 637 Å². The molecule has 5 saturated carbocycles. The molecule has 9 rings (SSSR count). The molecule has 4 saturated heterocycles. The van der Waals surface area contributed by atoms with Crippen LogP contribution in [0.4, 0.5) is 13.2 Å². The molecule has 6 unspecified atom stereocenters. The van der Waals surface area contributed by atoms with Gasteiger partial charge in [0.25, 0.3) is 0 Å². The highest BCUT2D eigenvalue weighted by molar-refractivity contribution is 6.21. The molecule has 9 fully saturated rings. The number of alkyl halides is 4. The lowest BCUT2D eigenvalue weighted by Crippen LogP contribution is -2.65. The maximum Gasteiger partial charge on any atom is 0.393 e. The van der Waals surface area contributed by atoms with Crippen molar-refractivity contribution >= 4 is 82.5 Å². The van der Waals surface area contributed by atoms with Crippen molar-refractivity contribution < 1.29 is 70.7 Å². The molecule has 0 aromatic carbocycles. The van der Waals surface area contributed by atoms with Gasteiger partial charge in [-0.15, -0.1) is 11.6 Å². The molecule has 28 heteroatoms. The van der Waals surface area contributed by atoms with Gasteiger partial charge in [-0.2, -0.15) is 13.2 Å². The van der Waals surface area contributed by atoms with Gasteiger partial charge in [-0.1, -0.05) is 111 Å². The predicted octanol–water partition coefficient (Wildman–Crippen LogP) is 8.19. The van der Waals surface area contributed by atoms with Crippen molar-refractivity contribution in [3.63, 3.8) is 0 Å². The minimum Gasteiger partial charge on any atom is -0.343 e. The molecule has 4 heterocycles. The number of likely N-dealkylation sites (N-methyl/N-ethyl adjacent to an activating group) is 6. The molecular formula is C79H126ClF3N12O12. The maximum atomic E-state index is 16.0. The van der Waals surface area contributed by atoms with Gasteiger partial charge in [0.05, 0.1) is 25.4 Å². The number of carbonyl (C=O) groups is 12. The van der Waals surface area contributed by atoms with E-state index in [0.29, 0.717) is 77.3 Å². The second-order valence-electron chi connectivity index (χ2n) is 34.1. The molecule has 12 amide bonds. The van der Waals surface area contributed by atoms with E-state index in [1.807, 2.05) is 20.8 Å². The Morgan fingerprint density at radius 1 is 0.561 bits per heavy atom. The molecule has 0 aromatic rings. The van der Waals surface area contributed by atoms with Gasteiger partial charge in [0, 0.05) is 73.3 Å². The van der Waals surface area contributed by atoms with Crippen molar-refractivity contribution in [3.8, 4) is 0 Å². The van der Waals surface area contributed by atoms with Crippen molar-refractivity contribution in [2.45, 2.75) is 311 Å². The second kappa shape index (κ2) is 37.6. The molecule has 0 radical (unpaired) electrons. The summed E-state index contributed by atoms with van der Waals surface area (Å²) in [5.41, 5.74) is -1.56. The number of amides is 12. The predicted molar refractivity (Wildman–Crippen MR) is 398 cm³/mol. The summed E-state index contributed by atoms with van der Waals surface area (Å²) in [7, 11) is 8.95. The first-order valence-corrected chi connectivity index (χ1v) is 41.3. The van der Waals surface area contributed by atoms with E-state index in [0.717, 1.165) is 70.6 Å². The van der Waals surface area contributed by atoms with Crippen LogP contribution in [0.15, 0.2) is 0 Å². The fourth-order valence-electron chi connectivity index (χ4n) is 19.6. The molecule has 9 aliphatic rings. The van der Waals surface area contributed by atoms with E-state index < -0.39 is 180 Å². The van der Waals surface area contributed by atoms with E-state index >= 15 is 43.2 Å². The summed E-state index contributed by atoms with van der Waals surface area (Å²) in [6.07, 6.45) is 11.4.